The maximum absolute atomic E-state index is 9.84. The molecular formula is C38H27N3. The van der Waals surface area contributed by atoms with Crippen molar-refractivity contribution in [3.05, 3.63) is 174 Å². The summed E-state index contributed by atoms with van der Waals surface area (Å²) in [7, 11) is 0. The van der Waals surface area contributed by atoms with Gasteiger partial charge in [0.2, 0.25) is 0 Å². The molecule has 0 atom stereocenters. The molecule has 3 nitrogen and oxygen atoms in total. The second-order valence-electron chi connectivity index (χ2n) is 10.0. The van der Waals surface area contributed by atoms with Crippen molar-refractivity contribution in [2.24, 2.45) is 0 Å². The van der Waals surface area contributed by atoms with Crippen molar-refractivity contribution >= 4 is 39.5 Å². The highest BCUT2D eigenvalue weighted by atomic mass is 14.9. The molecule has 3 heteroatoms. The molecule has 0 saturated heterocycles. The van der Waals surface area contributed by atoms with E-state index >= 15 is 0 Å². The van der Waals surface area contributed by atoms with Crippen molar-refractivity contribution in [2.75, 3.05) is 0 Å². The summed E-state index contributed by atoms with van der Waals surface area (Å²) in [6.07, 6.45) is 3.94. The van der Waals surface area contributed by atoms with Gasteiger partial charge < -0.3 is 5.32 Å². The zero-order valence-corrected chi connectivity index (χ0v) is 22.4. The monoisotopic (exact) mass is 525 g/mol. The first-order chi connectivity index (χ1) is 20.3. The lowest BCUT2D eigenvalue weighted by Crippen LogP contribution is -2.21. The third-order valence-corrected chi connectivity index (χ3v) is 7.57. The lowest BCUT2D eigenvalue weighted by Gasteiger charge is -2.26. The molecule has 6 aromatic rings. The molecule has 0 bridgehead atoms. The predicted octanol–water partition coefficient (Wildman–Crippen LogP) is 8.94. The lowest BCUT2D eigenvalue weighted by atomic mass is 9.85. The van der Waals surface area contributed by atoms with Crippen LogP contribution >= 0.6 is 0 Å². The Balaban J connectivity index is 1.47. The molecule has 0 saturated carbocycles. The Bertz CT molecular complexity index is 1960. The second-order valence-corrected chi connectivity index (χ2v) is 10.0. The molecule has 2 heterocycles. The van der Waals surface area contributed by atoms with Crippen LogP contribution in [-0.4, -0.2) is 10.7 Å². The van der Waals surface area contributed by atoms with Gasteiger partial charge in [-0.15, -0.1) is 0 Å². The highest BCUT2D eigenvalue weighted by Crippen LogP contribution is 2.38. The van der Waals surface area contributed by atoms with E-state index in [1.54, 1.807) is 0 Å². The van der Waals surface area contributed by atoms with Crippen molar-refractivity contribution in [3.8, 4) is 11.1 Å². The van der Waals surface area contributed by atoms with Crippen LogP contribution in [0.5, 0.6) is 0 Å². The highest BCUT2D eigenvalue weighted by molar-refractivity contribution is 6.37. The van der Waals surface area contributed by atoms with E-state index in [0.29, 0.717) is 5.71 Å². The van der Waals surface area contributed by atoms with Crippen LogP contribution in [0, 0.1) is 5.41 Å². The Morgan fingerprint density at radius 2 is 1.27 bits per heavy atom. The largest absolute Gasteiger partial charge is 0.353 e. The standard InChI is InChI=1S/C38H27N3/c39-37(33-21-9-8-20-32(33)31-22-12-17-26-13-4-6-18-29(26)31)36(27-14-2-1-3-15-27)38-30-19-7-5-16-28(30)25-35(41-38)34-23-10-11-24-40-34/h1-25,39,41H/b38-36-,39-37?. The Morgan fingerprint density at radius 1 is 0.585 bits per heavy atom. The summed E-state index contributed by atoms with van der Waals surface area (Å²) < 4.78 is 0. The molecule has 0 fully saturated rings. The Labute approximate surface area is 239 Å². The molecule has 41 heavy (non-hydrogen) atoms. The molecule has 0 radical (unpaired) electrons. The van der Waals surface area contributed by atoms with Crippen molar-refractivity contribution in [1.29, 1.82) is 5.41 Å². The van der Waals surface area contributed by atoms with E-state index in [9.17, 15) is 5.41 Å². The van der Waals surface area contributed by atoms with Gasteiger partial charge in [-0.25, -0.2) is 0 Å². The van der Waals surface area contributed by atoms with Crippen LogP contribution in [0.2, 0.25) is 0 Å². The maximum Gasteiger partial charge on any atom is 0.0864 e. The number of nitrogens with one attached hydrogen (secondary N) is 2. The fraction of sp³-hybridized carbons (Fsp3) is 0. The van der Waals surface area contributed by atoms with Crippen LogP contribution in [-0.2, 0) is 0 Å². The summed E-state index contributed by atoms with van der Waals surface area (Å²) in [5.74, 6) is 0. The SMILES string of the molecule is N=C(/C(=C1\NC(c2ccccn2)=Cc2ccccc21)c1ccccc1)c1ccccc1-c1cccc2ccccc12. The Kier molecular flexibility index (Phi) is 6.31. The molecule has 2 N–H and O–H groups in total. The first-order valence-corrected chi connectivity index (χ1v) is 13.7. The van der Waals surface area contributed by atoms with Gasteiger partial charge in [-0.2, -0.15) is 0 Å². The summed E-state index contributed by atoms with van der Waals surface area (Å²) >= 11 is 0. The molecule has 1 aliphatic rings. The normalized spacial score (nSPS) is 13.6. The minimum Gasteiger partial charge on any atom is -0.353 e. The van der Waals surface area contributed by atoms with Crippen molar-refractivity contribution < 1.29 is 0 Å². The van der Waals surface area contributed by atoms with E-state index in [1.165, 1.54) is 10.8 Å². The first-order valence-electron chi connectivity index (χ1n) is 13.7. The number of fused-ring (bicyclic) bond motifs is 2. The Morgan fingerprint density at radius 3 is 2.12 bits per heavy atom. The molecule has 7 rings (SSSR count). The van der Waals surface area contributed by atoms with Gasteiger partial charge >= 0.3 is 0 Å². The molecule has 0 amide bonds. The number of rotatable bonds is 5. The van der Waals surface area contributed by atoms with Crippen molar-refractivity contribution in [3.63, 3.8) is 0 Å². The fourth-order valence-corrected chi connectivity index (χ4v) is 5.65. The Hall–Kier alpha value is -5.54. The van der Waals surface area contributed by atoms with Gasteiger partial charge in [0.1, 0.15) is 0 Å². The summed E-state index contributed by atoms with van der Waals surface area (Å²) in [4.78, 5) is 4.62. The van der Waals surface area contributed by atoms with E-state index in [2.05, 4.69) is 113 Å². The topological polar surface area (TPSA) is 48.8 Å². The van der Waals surface area contributed by atoms with Crippen LogP contribution in [0.15, 0.2) is 146 Å². The third-order valence-electron chi connectivity index (χ3n) is 7.57. The lowest BCUT2D eigenvalue weighted by molar-refractivity contribution is 1.16. The second kappa shape index (κ2) is 10.6. The summed E-state index contributed by atoms with van der Waals surface area (Å²) in [5.41, 5.74) is 10.1. The van der Waals surface area contributed by atoms with Gasteiger partial charge in [0.15, 0.2) is 0 Å². The smallest absolute Gasteiger partial charge is 0.0864 e. The quantitative estimate of drug-likeness (QED) is 0.221. The number of hydrogen-bond acceptors (Lipinski definition) is 3. The van der Waals surface area contributed by atoms with Crippen molar-refractivity contribution in [1.82, 2.24) is 10.3 Å². The van der Waals surface area contributed by atoms with E-state index in [1.807, 2.05) is 48.7 Å². The number of benzene rings is 5. The van der Waals surface area contributed by atoms with Gasteiger partial charge in [-0.3, -0.25) is 10.4 Å². The number of nitrogens with zero attached hydrogens (tertiary/aromatic N) is 1. The highest BCUT2D eigenvalue weighted by Gasteiger charge is 2.25. The first kappa shape index (κ1) is 24.5. The zero-order valence-electron chi connectivity index (χ0n) is 22.4. The predicted molar refractivity (Wildman–Crippen MR) is 171 cm³/mol. The molecule has 0 spiro atoms. The van der Waals surface area contributed by atoms with Crippen LogP contribution in [0.4, 0.5) is 0 Å². The molecular weight excluding hydrogens is 498 g/mol. The minimum absolute atomic E-state index is 0.458. The molecule has 1 aromatic heterocycles. The minimum atomic E-state index is 0.458. The van der Waals surface area contributed by atoms with Gasteiger partial charge in [0.05, 0.1) is 22.8 Å². The van der Waals surface area contributed by atoms with Crippen molar-refractivity contribution in [2.45, 2.75) is 0 Å². The van der Waals surface area contributed by atoms with Crippen LogP contribution in [0.3, 0.4) is 0 Å². The number of allylic oxidation sites excluding steroid dienone is 1. The van der Waals surface area contributed by atoms with E-state index in [4.69, 9.17) is 0 Å². The van der Waals surface area contributed by atoms with Gasteiger partial charge in [0, 0.05) is 22.9 Å². The van der Waals surface area contributed by atoms with Gasteiger partial charge in [-0.05, 0) is 51.2 Å². The molecule has 194 valence electrons. The molecule has 0 aliphatic carbocycles. The van der Waals surface area contributed by atoms with E-state index in [-0.39, 0.29) is 0 Å². The van der Waals surface area contributed by atoms with Gasteiger partial charge in [0.25, 0.3) is 0 Å². The maximum atomic E-state index is 9.84. The van der Waals surface area contributed by atoms with E-state index in [0.717, 1.165) is 56.0 Å². The summed E-state index contributed by atoms with van der Waals surface area (Å²) in [6.45, 7) is 0. The molecule has 1 aliphatic heterocycles. The molecule has 0 unspecified atom stereocenters. The average molecular weight is 526 g/mol. The zero-order chi connectivity index (χ0) is 27.6. The molecule has 5 aromatic carbocycles. The number of aromatic nitrogens is 1. The van der Waals surface area contributed by atoms with Gasteiger partial charge in [-0.1, -0.05) is 127 Å². The summed E-state index contributed by atoms with van der Waals surface area (Å²) in [6, 6.07) is 47.6. The summed E-state index contributed by atoms with van der Waals surface area (Å²) in [5, 5.41) is 15.9. The number of hydrogen-bond donors (Lipinski definition) is 2. The van der Waals surface area contributed by atoms with Crippen LogP contribution in [0.1, 0.15) is 27.9 Å². The fourth-order valence-electron chi connectivity index (χ4n) is 5.65. The van der Waals surface area contributed by atoms with Crippen LogP contribution < -0.4 is 5.32 Å². The van der Waals surface area contributed by atoms with E-state index < -0.39 is 0 Å². The number of pyridine rings is 1. The average Bonchev–Trinajstić information content (AvgIpc) is 3.05. The third kappa shape index (κ3) is 4.54. The van der Waals surface area contributed by atoms with Crippen LogP contribution in [0.25, 0.3) is 44.9 Å².